The lowest BCUT2D eigenvalue weighted by atomic mass is 10.1. The van der Waals surface area contributed by atoms with Gasteiger partial charge in [-0.3, -0.25) is 9.69 Å². The molecular formula is C16H22FN3O2. The highest BCUT2D eigenvalue weighted by molar-refractivity contribution is 5.97. The van der Waals surface area contributed by atoms with Crippen molar-refractivity contribution in [2.24, 2.45) is 0 Å². The summed E-state index contributed by atoms with van der Waals surface area (Å²) in [6, 6.07) is 4.81. The second-order valence-electron chi connectivity index (χ2n) is 6.02. The molecule has 0 saturated carbocycles. The lowest BCUT2D eigenvalue weighted by molar-refractivity contribution is 0.0186. The van der Waals surface area contributed by atoms with Crippen LogP contribution in [0.25, 0.3) is 0 Å². The summed E-state index contributed by atoms with van der Waals surface area (Å²) >= 11 is 0. The molecule has 0 unspecified atom stereocenters. The summed E-state index contributed by atoms with van der Waals surface area (Å²) < 4.78 is 19.2. The maximum Gasteiger partial charge on any atom is 0.260 e. The van der Waals surface area contributed by atoms with Crippen molar-refractivity contribution >= 4 is 5.91 Å². The Balaban J connectivity index is 1.79. The Morgan fingerprint density at radius 2 is 2.00 bits per heavy atom. The molecule has 1 aromatic carbocycles. The minimum Gasteiger partial charge on any atom is -0.496 e. The molecule has 2 saturated heterocycles. The summed E-state index contributed by atoms with van der Waals surface area (Å²) in [5, 5.41) is 0. The standard InChI is InChI=1S/C16H22FN3O2/c1-18-6-7-19-8-9-20(11-12(19)10-18)16(21)15-13(17)4-3-5-14(15)22-2/h3-5,12H,6-11H2,1-2H3/t12-/m0/s1. The Bertz CT molecular complexity index is 566. The van der Waals surface area contributed by atoms with Gasteiger partial charge in [0.25, 0.3) is 5.91 Å². The highest BCUT2D eigenvalue weighted by Crippen LogP contribution is 2.24. The van der Waals surface area contributed by atoms with E-state index < -0.39 is 5.82 Å². The van der Waals surface area contributed by atoms with Gasteiger partial charge in [-0.1, -0.05) is 6.07 Å². The molecule has 0 bridgehead atoms. The smallest absolute Gasteiger partial charge is 0.260 e. The van der Waals surface area contributed by atoms with E-state index in [2.05, 4.69) is 16.8 Å². The SMILES string of the molecule is COc1cccc(F)c1C(=O)N1CCN2CCN(C)C[C@H]2C1. The molecule has 0 spiro atoms. The van der Waals surface area contributed by atoms with Gasteiger partial charge in [0.15, 0.2) is 0 Å². The van der Waals surface area contributed by atoms with Crippen molar-refractivity contribution in [3.8, 4) is 5.75 Å². The fourth-order valence-electron chi connectivity index (χ4n) is 3.34. The van der Waals surface area contributed by atoms with E-state index >= 15 is 0 Å². The van der Waals surface area contributed by atoms with Crippen LogP contribution in [0, 0.1) is 5.82 Å². The van der Waals surface area contributed by atoms with Crippen molar-refractivity contribution in [1.82, 2.24) is 14.7 Å². The van der Waals surface area contributed by atoms with Crippen LogP contribution in [0.4, 0.5) is 4.39 Å². The average Bonchev–Trinajstić information content (AvgIpc) is 2.53. The molecule has 2 aliphatic heterocycles. The van der Waals surface area contributed by atoms with Gasteiger partial charge < -0.3 is 14.5 Å². The van der Waals surface area contributed by atoms with Crippen LogP contribution < -0.4 is 4.74 Å². The van der Waals surface area contributed by atoms with Crippen LogP contribution in [0.2, 0.25) is 0 Å². The van der Waals surface area contributed by atoms with Gasteiger partial charge >= 0.3 is 0 Å². The molecule has 0 aliphatic carbocycles. The molecule has 2 heterocycles. The quantitative estimate of drug-likeness (QED) is 0.814. The van der Waals surface area contributed by atoms with Crippen LogP contribution in [-0.4, -0.2) is 80.1 Å². The summed E-state index contributed by atoms with van der Waals surface area (Å²) in [4.78, 5) is 19.2. The number of piperazine rings is 2. The van der Waals surface area contributed by atoms with Crippen LogP contribution in [0.1, 0.15) is 10.4 Å². The zero-order valence-corrected chi connectivity index (χ0v) is 13.1. The van der Waals surface area contributed by atoms with Gasteiger partial charge in [-0.15, -0.1) is 0 Å². The zero-order chi connectivity index (χ0) is 15.7. The number of carbonyl (C=O) groups is 1. The van der Waals surface area contributed by atoms with Crippen LogP contribution >= 0.6 is 0 Å². The molecule has 22 heavy (non-hydrogen) atoms. The molecular weight excluding hydrogens is 285 g/mol. The van der Waals surface area contributed by atoms with E-state index in [-0.39, 0.29) is 11.5 Å². The summed E-state index contributed by atoms with van der Waals surface area (Å²) in [6.45, 7) is 5.16. The molecule has 0 aromatic heterocycles. The normalized spacial score (nSPS) is 23.2. The molecule has 1 atom stereocenters. The molecule has 2 aliphatic rings. The fourth-order valence-corrected chi connectivity index (χ4v) is 3.34. The number of hydrogen-bond acceptors (Lipinski definition) is 4. The minimum absolute atomic E-state index is 0.0441. The molecule has 0 radical (unpaired) electrons. The van der Waals surface area contributed by atoms with Crippen molar-refractivity contribution in [3.05, 3.63) is 29.6 Å². The highest BCUT2D eigenvalue weighted by Gasteiger charge is 2.34. The Labute approximate surface area is 130 Å². The van der Waals surface area contributed by atoms with E-state index in [4.69, 9.17) is 4.74 Å². The number of carbonyl (C=O) groups excluding carboxylic acids is 1. The summed E-state index contributed by atoms with van der Waals surface area (Å²) in [5.41, 5.74) is 0.0441. The van der Waals surface area contributed by atoms with Crippen molar-refractivity contribution in [2.75, 3.05) is 53.4 Å². The van der Waals surface area contributed by atoms with Gasteiger partial charge in [-0.25, -0.2) is 4.39 Å². The van der Waals surface area contributed by atoms with E-state index in [1.807, 2.05) is 0 Å². The molecule has 5 nitrogen and oxygen atoms in total. The second kappa shape index (κ2) is 6.22. The first-order chi connectivity index (χ1) is 10.6. The van der Waals surface area contributed by atoms with Crippen LogP contribution in [0.15, 0.2) is 18.2 Å². The van der Waals surface area contributed by atoms with E-state index in [0.29, 0.717) is 24.9 Å². The lowest BCUT2D eigenvalue weighted by Gasteiger charge is -2.46. The molecule has 1 amide bonds. The number of ether oxygens (including phenoxy) is 1. The predicted octanol–water partition coefficient (Wildman–Crippen LogP) is 0.906. The summed E-state index contributed by atoms with van der Waals surface area (Å²) in [7, 11) is 3.55. The Morgan fingerprint density at radius 3 is 2.77 bits per heavy atom. The third-order valence-corrected chi connectivity index (χ3v) is 4.59. The Hall–Kier alpha value is -1.66. The largest absolute Gasteiger partial charge is 0.496 e. The monoisotopic (exact) mass is 307 g/mol. The fraction of sp³-hybridized carbons (Fsp3) is 0.562. The number of benzene rings is 1. The van der Waals surface area contributed by atoms with Crippen molar-refractivity contribution < 1.29 is 13.9 Å². The van der Waals surface area contributed by atoms with Gasteiger partial charge in [0.1, 0.15) is 17.1 Å². The number of hydrogen-bond donors (Lipinski definition) is 0. The Kier molecular flexibility index (Phi) is 4.31. The minimum atomic E-state index is -0.521. The number of nitrogens with zero attached hydrogens (tertiary/aromatic N) is 3. The zero-order valence-electron chi connectivity index (χ0n) is 13.1. The maximum atomic E-state index is 14.1. The van der Waals surface area contributed by atoms with Crippen LogP contribution in [-0.2, 0) is 0 Å². The van der Waals surface area contributed by atoms with E-state index in [1.165, 1.54) is 13.2 Å². The van der Waals surface area contributed by atoms with E-state index in [1.54, 1.807) is 17.0 Å². The number of rotatable bonds is 2. The van der Waals surface area contributed by atoms with Crippen molar-refractivity contribution in [2.45, 2.75) is 6.04 Å². The summed E-state index contributed by atoms with van der Waals surface area (Å²) in [6.07, 6.45) is 0. The van der Waals surface area contributed by atoms with Gasteiger partial charge in [-0.05, 0) is 19.2 Å². The lowest BCUT2D eigenvalue weighted by Crippen LogP contribution is -2.62. The molecule has 2 fully saturated rings. The number of amides is 1. The van der Waals surface area contributed by atoms with Crippen molar-refractivity contribution in [3.63, 3.8) is 0 Å². The third kappa shape index (κ3) is 2.80. The molecule has 6 heteroatoms. The van der Waals surface area contributed by atoms with Gasteiger partial charge in [0.05, 0.1) is 7.11 Å². The number of halogens is 1. The van der Waals surface area contributed by atoms with Gasteiger partial charge in [0.2, 0.25) is 0 Å². The van der Waals surface area contributed by atoms with Crippen molar-refractivity contribution in [1.29, 1.82) is 0 Å². The first kappa shape index (κ1) is 15.2. The predicted molar refractivity (Wildman–Crippen MR) is 81.7 cm³/mol. The second-order valence-corrected chi connectivity index (χ2v) is 6.02. The summed E-state index contributed by atoms with van der Waals surface area (Å²) in [5.74, 6) is -0.497. The average molecular weight is 307 g/mol. The van der Waals surface area contributed by atoms with E-state index in [0.717, 1.165) is 26.2 Å². The van der Waals surface area contributed by atoms with Gasteiger partial charge in [0, 0.05) is 45.3 Å². The third-order valence-electron chi connectivity index (χ3n) is 4.59. The Morgan fingerprint density at radius 1 is 1.23 bits per heavy atom. The van der Waals surface area contributed by atoms with Gasteiger partial charge in [-0.2, -0.15) is 0 Å². The maximum absolute atomic E-state index is 14.1. The highest BCUT2D eigenvalue weighted by atomic mass is 19.1. The first-order valence-electron chi connectivity index (χ1n) is 7.64. The molecule has 1 aromatic rings. The van der Waals surface area contributed by atoms with E-state index in [9.17, 15) is 9.18 Å². The van der Waals surface area contributed by atoms with Crippen LogP contribution in [0.5, 0.6) is 5.75 Å². The first-order valence-corrected chi connectivity index (χ1v) is 7.64. The number of fused-ring (bicyclic) bond motifs is 1. The van der Waals surface area contributed by atoms with Crippen LogP contribution in [0.3, 0.4) is 0 Å². The number of methoxy groups -OCH3 is 1. The topological polar surface area (TPSA) is 36.0 Å². The molecule has 3 rings (SSSR count). The molecule has 0 N–H and O–H groups in total. The molecule has 120 valence electrons. The number of likely N-dealkylation sites (N-methyl/N-ethyl adjacent to an activating group) is 1.